The predicted molar refractivity (Wildman–Crippen MR) is 125 cm³/mol. The number of aromatic amines is 1. The number of aryl methyl sites for hydroxylation is 3. The van der Waals surface area contributed by atoms with E-state index in [9.17, 15) is 9.59 Å². The number of rotatable bonds is 8. The minimum atomic E-state index is -0.403. The second-order valence-corrected chi connectivity index (χ2v) is 8.53. The molecule has 0 fully saturated rings. The summed E-state index contributed by atoms with van der Waals surface area (Å²) in [5.74, 6) is 0.598. The molecule has 32 heavy (non-hydrogen) atoms. The van der Waals surface area contributed by atoms with Gasteiger partial charge in [-0.15, -0.1) is 0 Å². The fourth-order valence-electron chi connectivity index (χ4n) is 2.97. The maximum Gasteiger partial charge on any atom is 0.269 e. The molecule has 0 saturated carbocycles. The average molecular weight is 472 g/mol. The Morgan fingerprint density at radius 3 is 2.47 bits per heavy atom. The van der Waals surface area contributed by atoms with Gasteiger partial charge in [-0.3, -0.25) is 30.1 Å². The van der Waals surface area contributed by atoms with E-state index < -0.39 is 11.8 Å². The quantitative estimate of drug-likeness (QED) is 0.200. The number of nitrogens with one attached hydrogen (secondary N) is 3. The summed E-state index contributed by atoms with van der Waals surface area (Å²) in [6, 6.07) is 9.10. The first kappa shape index (κ1) is 23.6. The van der Waals surface area contributed by atoms with E-state index in [2.05, 4.69) is 31.0 Å². The number of hydrogen-bond donors (Lipinski definition) is 3. The molecule has 9 nitrogen and oxygen atoms in total. The molecule has 3 N–H and O–H groups in total. The standard InChI is InChI=1S/C21H25N7O2S2/c1-4-5-17-24-27-21(31)28(17)11-18(29)25-26-19(30)16-8-6-15(7-9-16)12-32-20-22-13(2)10-14(3)23-20/h6-10H,4-5,11-12H2,1-3H3,(H,25,29)(H,26,30)(H,27,31). The third-order valence-corrected chi connectivity index (χ3v) is 5.70. The van der Waals surface area contributed by atoms with Crippen LogP contribution >= 0.6 is 24.0 Å². The van der Waals surface area contributed by atoms with Crippen LogP contribution in [0.3, 0.4) is 0 Å². The first-order chi connectivity index (χ1) is 15.4. The van der Waals surface area contributed by atoms with Gasteiger partial charge in [0.25, 0.3) is 11.8 Å². The van der Waals surface area contributed by atoms with E-state index in [0.29, 0.717) is 28.3 Å². The van der Waals surface area contributed by atoms with E-state index in [-0.39, 0.29) is 6.54 Å². The smallest absolute Gasteiger partial charge is 0.269 e. The number of hydrazine groups is 1. The van der Waals surface area contributed by atoms with E-state index in [1.165, 1.54) is 11.8 Å². The van der Waals surface area contributed by atoms with Crippen LogP contribution in [0.5, 0.6) is 0 Å². The van der Waals surface area contributed by atoms with Crippen molar-refractivity contribution in [3.63, 3.8) is 0 Å². The molecule has 2 amide bonds. The molecule has 3 rings (SSSR count). The number of carbonyl (C=O) groups excluding carboxylic acids is 2. The highest BCUT2D eigenvalue weighted by molar-refractivity contribution is 7.98. The van der Waals surface area contributed by atoms with Gasteiger partial charge in [0.15, 0.2) is 9.93 Å². The maximum atomic E-state index is 12.4. The van der Waals surface area contributed by atoms with Crippen LogP contribution < -0.4 is 10.9 Å². The molecule has 0 aliphatic rings. The van der Waals surface area contributed by atoms with Crippen LogP contribution in [0.2, 0.25) is 0 Å². The zero-order chi connectivity index (χ0) is 23.1. The zero-order valence-electron chi connectivity index (χ0n) is 18.1. The van der Waals surface area contributed by atoms with Crippen molar-refractivity contribution in [2.45, 2.75) is 51.1 Å². The first-order valence-corrected chi connectivity index (χ1v) is 11.5. The number of benzene rings is 1. The van der Waals surface area contributed by atoms with Crippen molar-refractivity contribution in [2.75, 3.05) is 0 Å². The number of nitrogens with zero attached hydrogens (tertiary/aromatic N) is 4. The minimum Gasteiger partial charge on any atom is -0.295 e. The van der Waals surface area contributed by atoms with E-state index in [0.717, 1.165) is 28.5 Å². The topological polar surface area (TPSA) is 118 Å². The van der Waals surface area contributed by atoms with Gasteiger partial charge in [0, 0.05) is 29.1 Å². The Morgan fingerprint density at radius 2 is 1.81 bits per heavy atom. The van der Waals surface area contributed by atoms with Crippen molar-refractivity contribution in [3.8, 4) is 0 Å². The van der Waals surface area contributed by atoms with Crippen molar-refractivity contribution in [1.82, 2.24) is 35.6 Å². The summed E-state index contributed by atoms with van der Waals surface area (Å²) in [4.78, 5) is 33.4. The molecule has 0 unspecified atom stereocenters. The van der Waals surface area contributed by atoms with Crippen LogP contribution in [0.4, 0.5) is 0 Å². The van der Waals surface area contributed by atoms with Gasteiger partial charge in [-0.25, -0.2) is 9.97 Å². The SMILES string of the molecule is CCCc1n[nH]c(=S)n1CC(=O)NNC(=O)c1ccc(CSc2nc(C)cc(C)n2)cc1. The van der Waals surface area contributed by atoms with Gasteiger partial charge in [0.2, 0.25) is 0 Å². The molecule has 0 aliphatic carbocycles. The molecule has 11 heteroatoms. The van der Waals surface area contributed by atoms with Crippen LogP contribution in [-0.4, -0.2) is 36.5 Å². The van der Waals surface area contributed by atoms with E-state index in [1.54, 1.807) is 16.7 Å². The maximum absolute atomic E-state index is 12.4. The van der Waals surface area contributed by atoms with Gasteiger partial charge in [-0.1, -0.05) is 30.8 Å². The van der Waals surface area contributed by atoms with Gasteiger partial charge in [-0.05, 0) is 56.2 Å². The van der Waals surface area contributed by atoms with E-state index in [4.69, 9.17) is 12.2 Å². The molecule has 0 spiro atoms. The van der Waals surface area contributed by atoms with Gasteiger partial charge in [0.05, 0.1) is 0 Å². The Kier molecular flexibility index (Phi) is 8.12. The summed E-state index contributed by atoms with van der Waals surface area (Å²) in [7, 11) is 0. The van der Waals surface area contributed by atoms with Crippen LogP contribution in [0, 0.1) is 18.6 Å². The van der Waals surface area contributed by atoms with Crippen molar-refractivity contribution in [3.05, 3.63) is 63.4 Å². The summed E-state index contributed by atoms with van der Waals surface area (Å²) in [5, 5.41) is 7.54. The molecule has 168 valence electrons. The highest BCUT2D eigenvalue weighted by atomic mass is 32.2. The highest BCUT2D eigenvalue weighted by Crippen LogP contribution is 2.20. The van der Waals surface area contributed by atoms with Gasteiger partial charge in [-0.2, -0.15) is 5.10 Å². The molecule has 0 saturated heterocycles. The molecule has 0 aliphatic heterocycles. The number of carbonyl (C=O) groups is 2. The summed E-state index contributed by atoms with van der Waals surface area (Å²) in [6.45, 7) is 5.88. The third kappa shape index (κ3) is 6.47. The lowest BCUT2D eigenvalue weighted by molar-refractivity contribution is -0.122. The molecule has 3 aromatic rings. The van der Waals surface area contributed by atoms with Gasteiger partial charge < -0.3 is 0 Å². The third-order valence-electron chi connectivity index (χ3n) is 4.47. The molecule has 1 aromatic carbocycles. The fourth-order valence-corrected chi connectivity index (χ4v) is 4.09. The van der Waals surface area contributed by atoms with Crippen molar-refractivity contribution in [1.29, 1.82) is 0 Å². The number of aromatic nitrogens is 5. The number of thioether (sulfide) groups is 1. The molecule has 0 atom stereocenters. The predicted octanol–water partition coefficient (Wildman–Crippen LogP) is 3.05. The lowest BCUT2D eigenvalue weighted by atomic mass is 10.1. The summed E-state index contributed by atoms with van der Waals surface area (Å²) in [5.41, 5.74) is 8.20. The fraction of sp³-hybridized carbons (Fsp3) is 0.333. The van der Waals surface area contributed by atoms with Crippen LogP contribution in [-0.2, 0) is 23.5 Å². The molecule has 2 heterocycles. The van der Waals surface area contributed by atoms with Crippen LogP contribution in [0.25, 0.3) is 0 Å². The summed E-state index contributed by atoms with van der Waals surface area (Å²) in [6.07, 6.45) is 1.58. The second kappa shape index (κ2) is 11.0. The average Bonchev–Trinajstić information content (AvgIpc) is 3.10. The number of H-pyrrole nitrogens is 1. The largest absolute Gasteiger partial charge is 0.295 e. The zero-order valence-corrected chi connectivity index (χ0v) is 19.8. The van der Waals surface area contributed by atoms with E-state index in [1.807, 2.05) is 39.0 Å². The second-order valence-electron chi connectivity index (χ2n) is 7.20. The Morgan fingerprint density at radius 1 is 1.12 bits per heavy atom. The monoisotopic (exact) mass is 471 g/mol. The number of hydrogen-bond acceptors (Lipinski definition) is 7. The molecule has 2 aromatic heterocycles. The Labute approximate surface area is 195 Å². The first-order valence-electron chi connectivity index (χ1n) is 10.1. The molecule has 0 bridgehead atoms. The van der Waals surface area contributed by atoms with E-state index >= 15 is 0 Å². The lowest BCUT2D eigenvalue weighted by Gasteiger charge is -2.09. The van der Waals surface area contributed by atoms with Crippen molar-refractivity contribution < 1.29 is 9.59 Å². The Bertz CT molecular complexity index is 1140. The highest BCUT2D eigenvalue weighted by Gasteiger charge is 2.12. The molecular weight excluding hydrogens is 446 g/mol. The van der Waals surface area contributed by atoms with Crippen LogP contribution in [0.1, 0.15) is 46.5 Å². The van der Waals surface area contributed by atoms with Crippen LogP contribution in [0.15, 0.2) is 35.5 Å². The molecule has 0 radical (unpaired) electrons. The molecular formula is C21H25N7O2S2. The Balaban J connectivity index is 1.50. The lowest BCUT2D eigenvalue weighted by Crippen LogP contribution is -2.43. The minimum absolute atomic E-state index is 0.0262. The van der Waals surface area contributed by atoms with Gasteiger partial charge >= 0.3 is 0 Å². The summed E-state index contributed by atoms with van der Waals surface area (Å²) >= 11 is 6.70. The Hall–Kier alpha value is -3.05. The summed E-state index contributed by atoms with van der Waals surface area (Å²) < 4.78 is 1.99. The van der Waals surface area contributed by atoms with Gasteiger partial charge in [0.1, 0.15) is 12.4 Å². The van der Waals surface area contributed by atoms with Crippen molar-refractivity contribution in [2.24, 2.45) is 0 Å². The normalized spacial score (nSPS) is 10.7. The van der Waals surface area contributed by atoms with Crippen molar-refractivity contribution >= 4 is 35.8 Å². The number of amides is 2.